The van der Waals surface area contributed by atoms with Crippen molar-refractivity contribution in [1.82, 2.24) is 19.9 Å². The van der Waals surface area contributed by atoms with Gasteiger partial charge in [-0.2, -0.15) is 0 Å². The minimum absolute atomic E-state index is 0.0129. The van der Waals surface area contributed by atoms with E-state index in [1.807, 2.05) is 4.72 Å². The number of nitrogens with one attached hydrogen (secondary N) is 2. The number of anilines is 3. The number of sulfone groups is 1. The van der Waals surface area contributed by atoms with Crippen molar-refractivity contribution in [2.24, 2.45) is 11.8 Å². The van der Waals surface area contributed by atoms with Crippen LogP contribution in [0.15, 0.2) is 53.6 Å². The maximum Gasteiger partial charge on any atom is 0.267 e. The number of fused-ring (bicyclic) bond motifs is 3. The van der Waals surface area contributed by atoms with Gasteiger partial charge >= 0.3 is 0 Å². The molecule has 1 saturated carbocycles. The van der Waals surface area contributed by atoms with Gasteiger partial charge < -0.3 is 15.1 Å². The van der Waals surface area contributed by atoms with Gasteiger partial charge in [0.05, 0.1) is 33.5 Å². The van der Waals surface area contributed by atoms with Crippen LogP contribution in [0.1, 0.15) is 12.8 Å². The smallest absolute Gasteiger partial charge is 0.267 e. The first-order valence-corrected chi connectivity index (χ1v) is 19.5. The second-order valence-corrected chi connectivity index (χ2v) is 17.6. The SMILES string of the molecule is CN1CC2CCC(C1)N2c1nc(-c2cccc(NS(=O)(=O)c3c(F)cccc3F)c2F)c(-c2ccnc(N[C@H]3[C@@H]4CS(=O)(=O)C[C@@H]43)n2)s1. The molecule has 0 amide bonds. The second-order valence-electron chi connectivity index (χ2n) is 12.9. The predicted octanol–water partition coefficient (Wildman–Crippen LogP) is 4.22. The van der Waals surface area contributed by atoms with Crippen LogP contribution in [0.4, 0.5) is 29.9 Å². The van der Waals surface area contributed by atoms with Crippen molar-refractivity contribution >= 4 is 48.0 Å². The third-order valence-electron chi connectivity index (χ3n) is 9.60. The van der Waals surface area contributed by atoms with Crippen LogP contribution in [0.3, 0.4) is 0 Å². The molecule has 2 aromatic carbocycles. The Labute approximate surface area is 279 Å². The summed E-state index contributed by atoms with van der Waals surface area (Å²) in [5.41, 5.74) is 0.141. The Morgan fingerprint density at radius 1 is 0.938 bits per heavy atom. The maximum atomic E-state index is 16.4. The van der Waals surface area contributed by atoms with E-state index in [2.05, 4.69) is 27.1 Å². The van der Waals surface area contributed by atoms with Gasteiger partial charge in [-0.3, -0.25) is 4.72 Å². The first-order valence-electron chi connectivity index (χ1n) is 15.4. The van der Waals surface area contributed by atoms with Crippen molar-refractivity contribution in [3.8, 4) is 21.8 Å². The fourth-order valence-corrected chi connectivity index (χ4v) is 12.0. The van der Waals surface area contributed by atoms with E-state index in [9.17, 15) is 25.6 Å². The number of sulfonamides is 1. The highest BCUT2D eigenvalue weighted by molar-refractivity contribution is 7.92. The molecule has 5 heterocycles. The molecular formula is C31H30F3N7O4S3. The minimum atomic E-state index is -4.84. The molecule has 5 atom stereocenters. The molecule has 2 unspecified atom stereocenters. The first kappa shape index (κ1) is 31.5. The lowest BCUT2D eigenvalue weighted by Crippen LogP contribution is -2.52. The number of likely N-dealkylation sites (N-methyl/N-ethyl adjacent to an activating group) is 1. The maximum absolute atomic E-state index is 16.4. The third kappa shape index (κ3) is 5.49. The highest BCUT2D eigenvalue weighted by atomic mass is 32.2. The van der Waals surface area contributed by atoms with Gasteiger partial charge in [0.1, 0.15) is 11.6 Å². The molecule has 2 N–H and O–H groups in total. The normalized spacial score (nSPS) is 26.0. The van der Waals surface area contributed by atoms with E-state index in [0.717, 1.165) is 44.1 Å². The Morgan fingerprint density at radius 2 is 1.60 bits per heavy atom. The van der Waals surface area contributed by atoms with Crippen LogP contribution in [0, 0.1) is 29.3 Å². The Morgan fingerprint density at radius 3 is 2.29 bits per heavy atom. The summed E-state index contributed by atoms with van der Waals surface area (Å²) in [4.78, 5) is 17.9. The lowest BCUT2D eigenvalue weighted by Gasteiger charge is -2.39. The topological polar surface area (TPSA) is 137 Å². The Kier molecular flexibility index (Phi) is 7.46. The van der Waals surface area contributed by atoms with E-state index in [4.69, 9.17) is 9.97 Å². The fourth-order valence-electron chi connectivity index (χ4n) is 7.40. The summed E-state index contributed by atoms with van der Waals surface area (Å²) < 4.78 is 97.2. The van der Waals surface area contributed by atoms with Crippen molar-refractivity contribution < 1.29 is 30.0 Å². The van der Waals surface area contributed by atoms with Crippen LogP contribution >= 0.6 is 11.3 Å². The molecule has 8 rings (SSSR count). The third-order valence-corrected chi connectivity index (χ3v) is 13.9. The number of hydrogen-bond acceptors (Lipinski definition) is 11. The molecule has 2 aromatic heterocycles. The molecule has 48 heavy (non-hydrogen) atoms. The van der Waals surface area contributed by atoms with E-state index in [-0.39, 0.29) is 52.7 Å². The lowest BCUT2D eigenvalue weighted by molar-refractivity contribution is 0.264. The first-order chi connectivity index (χ1) is 22.9. The van der Waals surface area contributed by atoms with Gasteiger partial charge in [0, 0.05) is 43.0 Å². The zero-order chi connectivity index (χ0) is 33.5. The highest BCUT2D eigenvalue weighted by Crippen LogP contribution is 2.49. The molecule has 0 radical (unpaired) electrons. The van der Waals surface area contributed by atoms with Gasteiger partial charge in [0.2, 0.25) is 5.95 Å². The summed E-state index contributed by atoms with van der Waals surface area (Å²) in [5.74, 6) is -3.00. The number of likely N-dealkylation sites (tertiary alicyclic amines) is 1. The predicted molar refractivity (Wildman–Crippen MR) is 176 cm³/mol. The molecule has 4 aliphatic rings. The summed E-state index contributed by atoms with van der Waals surface area (Å²) in [5, 5.41) is 3.94. The van der Waals surface area contributed by atoms with Crippen LogP contribution in [-0.4, -0.2) is 86.5 Å². The van der Waals surface area contributed by atoms with Gasteiger partial charge in [0.15, 0.2) is 25.7 Å². The van der Waals surface area contributed by atoms with Crippen LogP contribution in [-0.2, 0) is 19.9 Å². The number of aromatic nitrogens is 3. The second kappa shape index (κ2) is 11.4. The van der Waals surface area contributed by atoms with Crippen LogP contribution in [0.2, 0.25) is 0 Å². The van der Waals surface area contributed by atoms with Crippen molar-refractivity contribution in [1.29, 1.82) is 0 Å². The largest absolute Gasteiger partial charge is 0.351 e. The molecule has 0 spiro atoms. The van der Waals surface area contributed by atoms with E-state index < -0.39 is 47.9 Å². The number of rotatable bonds is 8. The number of hydrogen-bond donors (Lipinski definition) is 2. The number of piperazine rings is 1. The summed E-state index contributed by atoms with van der Waals surface area (Å²) in [6.07, 6.45) is 3.53. The Hall–Kier alpha value is -3.80. The number of halogens is 3. The molecule has 1 aliphatic carbocycles. The average Bonchev–Trinajstić information content (AvgIpc) is 3.32. The molecule has 252 valence electrons. The number of nitrogens with zero attached hydrogens (tertiary/aromatic N) is 5. The van der Waals surface area contributed by atoms with Gasteiger partial charge in [-0.1, -0.05) is 23.5 Å². The average molecular weight is 718 g/mol. The fraction of sp³-hybridized carbons (Fsp3) is 0.387. The zero-order valence-electron chi connectivity index (χ0n) is 25.5. The van der Waals surface area contributed by atoms with E-state index >= 15 is 4.39 Å². The Bertz CT molecular complexity index is 2120. The molecule has 17 heteroatoms. The Balaban J connectivity index is 1.18. The minimum Gasteiger partial charge on any atom is -0.351 e. The van der Waals surface area contributed by atoms with Crippen LogP contribution in [0.25, 0.3) is 21.8 Å². The van der Waals surface area contributed by atoms with Crippen LogP contribution in [0.5, 0.6) is 0 Å². The summed E-state index contributed by atoms with van der Waals surface area (Å²) in [6, 6.07) is 8.77. The zero-order valence-corrected chi connectivity index (χ0v) is 27.9. The van der Waals surface area contributed by atoms with E-state index in [1.54, 1.807) is 12.3 Å². The quantitative estimate of drug-likeness (QED) is 0.273. The van der Waals surface area contributed by atoms with Gasteiger partial charge in [-0.05, 0) is 62.1 Å². The van der Waals surface area contributed by atoms with Crippen molar-refractivity contribution in [2.45, 2.75) is 35.9 Å². The molecule has 4 aromatic rings. The molecule has 11 nitrogen and oxygen atoms in total. The molecule has 3 saturated heterocycles. The van der Waals surface area contributed by atoms with E-state index in [0.29, 0.717) is 21.7 Å². The van der Waals surface area contributed by atoms with E-state index in [1.165, 1.54) is 29.5 Å². The molecule has 2 bridgehead atoms. The molecule has 4 fully saturated rings. The molecule has 3 aliphatic heterocycles. The van der Waals surface area contributed by atoms with Crippen molar-refractivity contribution in [3.05, 3.63) is 66.1 Å². The lowest BCUT2D eigenvalue weighted by atomic mass is 10.1. The van der Waals surface area contributed by atoms with Gasteiger partial charge in [-0.25, -0.2) is 45.0 Å². The number of thiazole rings is 1. The summed E-state index contributed by atoms with van der Waals surface area (Å²) in [7, 11) is -5.79. The van der Waals surface area contributed by atoms with Crippen molar-refractivity contribution in [3.63, 3.8) is 0 Å². The van der Waals surface area contributed by atoms with Gasteiger partial charge in [0.25, 0.3) is 10.0 Å². The monoisotopic (exact) mass is 717 g/mol. The number of benzene rings is 2. The summed E-state index contributed by atoms with van der Waals surface area (Å²) >= 11 is 1.35. The van der Waals surface area contributed by atoms with Crippen molar-refractivity contribution in [2.75, 3.05) is 46.6 Å². The molecular weight excluding hydrogens is 688 g/mol. The highest BCUT2D eigenvalue weighted by Gasteiger charge is 2.59. The van der Waals surface area contributed by atoms with Crippen LogP contribution < -0.4 is 14.9 Å². The standard InChI is InChI=1S/C31H30F3N7O4S3/c1-40-12-16-8-9-17(13-40)41(16)31-38-27(18-4-2-7-23(25(18)34)39-48(44,45)29-21(32)5-3-6-22(29)33)28(46-31)24-10-11-35-30(36-24)37-26-19-14-47(42,43)15-20(19)26/h2-7,10-11,16-17,19-20,26,39H,8-9,12-15H2,1H3,(H,35,36,37)/t16?,17?,19-,20+,26+. The summed E-state index contributed by atoms with van der Waals surface area (Å²) in [6.45, 7) is 1.69. The van der Waals surface area contributed by atoms with Gasteiger partial charge in [-0.15, -0.1) is 0 Å².